The number of amides is 1. The van der Waals surface area contributed by atoms with Crippen LogP contribution in [0.2, 0.25) is 0 Å². The molecule has 1 amide bonds. The zero-order valence-corrected chi connectivity index (χ0v) is 16.6. The van der Waals surface area contributed by atoms with E-state index >= 15 is 0 Å². The van der Waals surface area contributed by atoms with Gasteiger partial charge in [0.2, 0.25) is 0 Å². The van der Waals surface area contributed by atoms with Gasteiger partial charge < -0.3 is 9.64 Å². The molecule has 1 heterocycles. The molecule has 4 nitrogen and oxygen atoms in total. The van der Waals surface area contributed by atoms with Crippen LogP contribution in [0.15, 0.2) is 48.5 Å². The fraction of sp³-hybridized carbons (Fsp3) is 0.435. The first-order valence-electron chi connectivity index (χ1n) is 9.85. The average molecular weight is 367 g/mol. The summed E-state index contributed by atoms with van der Waals surface area (Å²) in [4.78, 5) is 17.3. The smallest absolute Gasteiger partial charge is 0.263 e. The van der Waals surface area contributed by atoms with E-state index < -0.39 is 6.10 Å². The van der Waals surface area contributed by atoms with Gasteiger partial charge in [-0.25, -0.2) is 0 Å². The van der Waals surface area contributed by atoms with Crippen LogP contribution in [0.25, 0.3) is 0 Å². The maximum absolute atomic E-state index is 13.0. The Morgan fingerprint density at radius 2 is 1.74 bits per heavy atom. The topological polar surface area (TPSA) is 32.8 Å². The molecule has 2 aromatic carbocycles. The van der Waals surface area contributed by atoms with Crippen LogP contribution < -0.4 is 4.74 Å². The zero-order valence-electron chi connectivity index (χ0n) is 16.6. The molecule has 0 bridgehead atoms. The number of carbonyl (C=O) groups excluding carboxylic acids is 1. The molecule has 1 fully saturated rings. The average Bonchev–Trinajstić information content (AvgIpc) is 2.68. The Bertz CT molecular complexity index is 752. The molecule has 0 saturated carbocycles. The molecular weight excluding hydrogens is 336 g/mol. The third-order valence-corrected chi connectivity index (χ3v) is 5.18. The Morgan fingerprint density at radius 3 is 2.37 bits per heavy atom. The van der Waals surface area contributed by atoms with Gasteiger partial charge in [0.05, 0.1) is 0 Å². The standard InChI is InChI=1S/C23H30N2O2/c1-4-21(27-22-11-10-18(2)16-19(22)3)23(26)25-14-12-24(13-15-25)17-20-8-6-5-7-9-20/h5-11,16,21H,4,12-15,17H2,1-3H3/t21-/m1/s1. The molecule has 0 aromatic heterocycles. The minimum Gasteiger partial charge on any atom is -0.480 e. The number of hydrogen-bond acceptors (Lipinski definition) is 3. The van der Waals surface area contributed by atoms with Gasteiger partial charge in [0.15, 0.2) is 6.10 Å². The van der Waals surface area contributed by atoms with Gasteiger partial charge >= 0.3 is 0 Å². The SMILES string of the molecule is CC[C@@H](Oc1ccc(C)cc1C)C(=O)N1CCN(Cc2ccccc2)CC1. The molecule has 0 aliphatic carbocycles. The van der Waals surface area contributed by atoms with E-state index in [-0.39, 0.29) is 5.91 Å². The highest BCUT2D eigenvalue weighted by atomic mass is 16.5. The van der Waals surface area contributed by atoms with Gasteiger partial charge in [-0.3, -0.25) is 9.69 Å². The Kier molecular flexibility index (Phi) is 6.51. The van der Waals surface area contributed by atoms with Crippen molar-refractivity contribution in [2.45, 2.75) is 39.8 Å². The van der Waals surface area contributed by atoms with E-state index in [4.69, 9.17) is 4.74 Å². The molecule has 3 rings (SSSR count). The van der Waals surface area contributed by atoms with Crippen LogP contribution in [0.4, 0.5) is 0 Å². The molecule has 0 radical (unpaired) electrons. The second kappa shape index (κ2) is 9.05. The number of hydrogen-bond donors (Lipinski definition) is 0. The number of piperazine rings is 1. The summed E-state index contributed by atoms with van der Waals surface area (Å²) in [6, 6.07) is 16.6. The van der Waals surface area contributed by atoms with Crippen molar-refractivity contribution in [2.75, 3.05) is 26.2 Å². The molecule has 144 valence electrons. The number of carbonyl (C=O) groups is 1. The fourth-order valence-corrected chi connectivity index (χ4v) is 3.56. The largest absolute Gasteiger partial charge is 0.480 e. The molecule has 1 saturated heterocycles. The third-order valence-electron chi connectivity index (χ3n) is 5.18. The van der Waals surface area contributed by atoms with Crippen molar-refractivity contribution in [1.82, 2.24) is 9.80 Å². The Morgan fingerprint density at radius 1 is 1.04 bits per heavy atom. The van der Waals surface area contributed by atoms with Gasteiger partial charge in [-0.2, -0.15) is 0 Å². The molecular formula is C23H30N2O2. The molecule has 1 aliphatic rings. The maximum Gasteiger partial charge on any atom is 0.263 e. The van der Waals surface area contributed by atoms with Crippen molar-refractivity contribution in [2.24, 2.45) is 0 Å². The van der Waals surface area contributed by atoms with Crippen LogP contribution in [0.3, 0.4) is 0 Å². The predicted octanol–water partition coefficient (Wildman–Crippen LogP) is 3.81. The van der Waals surface area contributed by atoms with E-state index in [9.17, 15) is 4.79 Å². The number of benzene rings is 2. The van der Waals surface area contributed by atoms with Crippen LogP contribution >= 0.6 is 0 Å². The number of ether oxygens (including phenoxy) is 1. The van der Waals surface area contributed by atoms with E-state index in [1.165, 1.54) is 11.1 Å². The van der Waals surface area contributed by atoms with E-state index in [1.807, 2.05) is 36.9 Å². The van der Waals surface area contributed by atoms with Crippen molar-refractivity contribution in [1.29, 1.82) is 0 Å². The highest BCUT2D eigenvalue weighted by molar-refractivity contribution is 5.81. The van der Waals surface area contributed by atoms with Crippen molar-refractivity contribution >= 4 is 5.91 Å². The summed E-state index contributed by atoms with van der Waals surface area (Å²) >= 11 is 0. The molecule has 1 aliphatic heterocycles. The summed E-state index contributed by atoms with van der Waals surface area (Å²) in [5.74, 6) is 0.917. The lowest BCUT2D eigenvalue weighted by atomic mass is 10.1. The van der Waals surface area contributed by atoms with E-state index in [1.54, 1.807) is 0 Å². The quantitative estimate of drug-likeness (QED) is 0.779. The van der Waals surface area contributed by atoms with Gasteiger partial charge in [0.25, 0.3) is 5.91 Å². The molecule has 1 atom stereocenters. The van der Waals surface area contributed by atoms with Gasteiger partial charge in [0.1, 0.15) is 5.75 Å². The summed E-state index contributed by atoms with van der Waals surface area (Å²) in [5.41, 5.74) is 3.60. The lowest BCUT2D eigenvalue weighted by molar-refractivity contribution is -0.140. The minimum atomic E-state index is -0.410. The highest BCUT2D eigenvalue weighted by Crippen LogP contribution is 2.22. The predicted molar refractivity (Wildman–Crippen MR) is 109 cm³/mol. The summed E-state index contributed by atoms with van der Waals surface area (Å²) in [6.07, 6.45) is 0.267. The molecule has 0 N–H and O–H groups in total. The zero-order chi connectivity index (χ0) is 19.2. The molecule has 27 heavy (non-hydrogen) atoms. The maximum atomic E-state index is 13.0. The van der Waals surface area contributed by atoms with Crippen molar-refractivity contribution < 1.29 is 9.53 Å². The van der Waals surface area contributed by atoms with Crippen molar-refractivity contribution in [3.8, 4) is 5.75 Å². The minimum absolute atomic E-state index is 0.108. The van der Waals surface area contributed by atoms with Crippen LogP contribution in [0.5, 0.6) is 5.75 Å². The van der Waals surface area contributed by atoms with E-state index in [0.29, 0.717) is 6.42 Å². The number of nitrogens with zero attached hydrogens (tertiary/aromatic N) is 2. The molecule has 4 heteroatoms. The summed E-state index contributed by atoms with van der Waals surface area (Å²) in [7, 11) is 0. The molecule has 0 unspecified atom stereocenters. The van der Waals surface area contributed by atoms with Gasteiger partial charge in [-0.1, -0.05) is 55.0 Å². The van der Waals surface area contributed by atoms with Crippen molar-refractivity contribution in [3.63, 3.8) is 0 Å². The van der Waals surface area contributed by atoms with Gasteiger partial charge in [-0.05, 0) is 37.5 Å². The second-order valence-electron chi connectivity index (χ2n) is 7.37. The third kappa shape index (κ3) is 5.10. The number of rotatable bonds is 6. The fourth-order valence-electron chi connectivity index (χ4n) is 3.56. The first kappa shape index (κ1) is 19.4. The van der Waals surface area contributed by atoms with Gasteiger partial charge in [-0.15, -0.1) is 0 Å². The first-order valence-corrected chi connectivity index (χ1v) is 9.85. The highest BCUT2D eigenvalue weighted by Gasteiger charge is 2.28. The van der Waals surface area contributed by atoms with E-state index in [2.05, 4.69) is 42.2 Å². The van der Waals surface area contributed by atoms with Crippen LogP contribution in [0.1, 0.15) is 30.0 Å². The second-order valence-corrected chi connectivity index (χ2v) is 7.37. The Hall–Kier alpha value is -2.33. The van der Waals surface area contributed by atoms with Crippen LogP contribution in [-0.2, 0) is 11.3 Å². The first-order chi connectivity index (χ1) is 13.1. The van der Waals surface area contributed by atoms with Gasteiger partial charge in [0, 0.05) is 32.7 Å². The monoisotopic (exact) mass is 366 g/mol. The van der Waals surface area contributed by atoms with Crippen LogP contribution in [0, 0.1) is 13.8 Å². The van der Waals surface area contributed by atoms with Crippen LogP contribution in [-0.4, -0.2) is 48.0 Å². The summed E-state index contributed by atoms with van der Waals surface area (Å²) in [6.45, 7) is 10.4. The normalized spacial score (nSPS) is 16.2. The Labute approximate surface area is 162 Å². The van der Waals surface area contributed by atoms with E-state index in [0.717, 1.165) is 44.0 Å². The lowest BCUT2D eigenvalue weighted by Gasteiger charge is -2.36. The summed E-state index contributed by atoms with van der Waals surface area (Å²) in [5, 5.41) is 0. The number of aryl methyl sites for hydroxylation is 2. The Balaban J connectivity index is 1.55. The summed E-state index contributed by atoms with van der Waals surface area (Å²) < 4.78 is 6.08. The lowest BCUT2D eigenvalue weighted by Crippen LogP contribution is -2.52. The van der Waals surface area contributed by atoms with Crippen molar-refractivity contribution in [3.05, 3.63) is 65.2 Å². The molecule has 0 spiro atoms. The molecule has 2 aromatic rings.